The lowest BCUT2D eigenvalue weighted by atomic mass is 9.94. The number of nitrogens with zero attached hydrogens (tertiary/aromatic N) is 10. The van der Waals surface area contributed by atoms with E-state index in [0.717, 1.165) is 117 Å². The number of cyclic esters (lactones) is 2. The zero-order valence-electron chi connectivity index (χ0n) is 73.9. The fraction of sp³-hybridized carbons (Fsp3) is 0.206. The molecule has 28 heteroatoms. The van der Waals surface area contributed by atoms with Crippen molar-refractivity contribution >= 4 is 52.5 Å². The second-order valence-electron chi connectivity index (χ2n) is 33.6. The molecule has 135 heavy (non-hydrogen) atoms. The van der Waals surface area contributed by atoms with E-state index in [9.17, 15) is 59.1 Å². The van der Waals surface area contributed by atoms with Gasteiger partial charge in [-0.3, -0.25) is 44.2 Å². The van der Waals surface area contributed by atoms with Crippen LogP contribution in [0.15, 0.2) is 335 Å². The number of hydrogen-bond acceptors (Lipinski definition) is 22. The van der Waals surface area contributed by atoms with Crippen LogP contribution in [0, 0.1) is 5.92 Å². The number of hydrogen-bond donors (Lipinski definition) is 7. The number of ether oxygens (including phenoxy) is 4. The number of amides is 2. The van der Waals surface area contributed by atoms with Crippen LogP contribution >= 0.6 is 0 Å². The molecule has 5 saturated heterocycles. The van der Waals surface area contributed by atoms with Gasteiger partial charge in [-0.15, -0.1) is 0 Å². The van der Waals surface area contributed by atoms with E-state index in [2.05, 4.69) is 84.4 Å². The van der Waals surface area contributed by atoms with Crippen molar-refractivity contribution in [1.82, 2.24) is 48.8 Å². The van der Waals surface area contributed by atoms with E-state index >= 15 is 0 Å². The third-order valence-corrected chi connectivity index (χ3v) is 23.8. The number of Topliss-reactive ketones (excluding diaryl/α,β-unsaturated/α-hetero) is 3. The number of rotatable bonds is 24. The molecule has 0 radical (unpaired) electrons. The lowest BCUT2D eigenvalue weighted by Crippen LogP contribution is -2.54. The van der Waals surface area contributed by atoms with Crippen LogP contribution in [-0.2, 0) is 104 Å². The van der Waals surface area contributed by atoms with E-state index in [1.807, 2.05) is 188 Å². The molecule has 28 nitrogen and oxygen atoms in total. The summed E-state index contributed by atoms with van der Waals surface area (Å²) in [7, 11) is 0. The Labute approximate surface area is 779 Å². The van der Waals surface area contributed by atoms with Crippen LogP contribution in [0.25, 0.3) is 22.5 Å². The highest BCUT2D eigenvalue weighted by atomic mass is 16.6. The topological polar surface area (TPSA) is 359 Å². The predicted molar refractivity (Wildman–Crippen MR) is 505 cm³/mol. The van der Waals surface area contributed by atoms with Crippen LogP contribution in [-0.4, -0.2) is 143 Å². The number of ketones is 3. The van der Waals surface area contributed by atoms with Crippen molar-refractivity contribution in [2.24, 2.45) is 5.92 Å². The summed E-state index contributed by atoms with van der Waals surface area (Å²) in [5, 5.41) is 54.0. The first-order chi connectivity index (χ1) is 65.5. The van der Waals surface area contributed by atoms with Crippen molar-refractivity contribution in [2.75, 3.05) is 29.4 Å². The van der Waals surface area contributed by atoms with Gasteiger partial charge >= 0.3 is 11.9 Å². The number of imidazole rings is 4. The van der Waals surface area contributed by atoms with Crippen LogP contribution in [0.3, 0.4) is 0 Å². The molecule has 684 valence electrons. The van der Waals surface area contributed by atoms with Crippen LogP contribution in [0.2, 0.25) is 0 Å². The molecule has 6 fully saturated rings. The maximum atomic E-state index is 12.4. The number of carbonyl (C=O) groups is 7. The first kappa shape index (κ1) is 91.7. The first-order valence-corrected chi connectivity index (χ1v) is 44.3. The van der Waals surface area contributed by atoms with Crippen molar-refractivity contribution in [2.45, 2.75) is 114 Å². The molecule has 6 aliphatic rings. The molecule has 6 unspecified atom stereocenters. The highest BCUT2D eigenvalue weighted by molar-refractivity contribution is 6.04. The van der Waals surface area contributed by atoms with Gasteiger partial charge in [-0.2, -0.15) is 0 Å². The van der Waals surface area contributed by atoms with E-state index in [1.165, 1.54) is 5.69 Å². The molecule has 1 saturated carbocycles. The Balaban J connectivity index is 0.000000123. The van der Waals surface area contributed by atoms with Crippen LogP contribution in [0.4, 0.5) is 11.4 Å². The Kier molecular flexibility index (Phi) is 28.8. The third kappa shape index (κ3) is 23.4. The molecule has 7 N–H and O–H groups in total. The number of aromatic nitrogens is 8. The number of allylic oxidation sites excluding steroid dienone is 1. The standard InChI is InChI=1S/C23H26N2O2.C22H20N2O4.C21H19N3O3.C21H18N2O4.C20H17N3O3/c1-17-12-18(23(27)13-17)14-21-16-24(19-6-3-2-4-7-19)10-11-25(21)20-8-5-9-22(26)15-20;25-17-8-4-7-16(9-17)13-24-14-23-18(10-15-5-2-1-3-6-15)19(24)11-21-20(26)12-22(27)28-21;1-14-23-21(26)20(27-14)19-18(11-15-6-3-2-4-7-15)22-13-24(19)12-16-8-5-9-17(25)10-16;24-16-8-4-5-14(9-16)12-23-13-22-21(15-6-2-1-3-7-15)17(23)10-19-18(25)11-20(26)27-19;1-13-22-20(25)19(26-13)18-17(15-7-3-2-4-8-15)21-12-23(18)11-14-6-5-9-16(24)10-14/h2-9,15,18,21,26H,1,10-14,16H2;1-9,14,21,25H,10-13H2;2-10,13,20,25H,1,11-12H2,(H,23,26);1-9,13,19,24H,10-12H2;2-10,12,19,24H,1,11H2,(H,22,25). The zero-order chi connectivity index (χ0) is 94.0. The van der Waals surface area contributed by atoms with Gasteiger partial charge in [0, 0.05) is 130 Å². The highest BCUT2D eigenvalue weighted by Crippen LogP contribution is 2.39. The second kappa shape index (κ2) is 42.5. The highest BCUT2D eigenvalue weighted by Gasteiger charge is 2.41. The molecule has 14 aromatic rings. The fourth-order valence-corrected chi connectivity index (χ4v) is 17.5. The summed E-state index contributed by atoms with van der Waals surface area (Å²) in [5.41, 5.74) is 17.0. The van der Waals surface area contributed by atoms with Crippen LogP contribution < -0.4 is 20.4 Å². The van der Waals surface area contributed by atoms with Crippen molar-refractivity contribution in [3.05, 3.63) is 403 Å². The molecule has 5 aliphatic heterocycles. The summed E-state index contributed by atoms with van der Waals surface area (Å²) in [6.45, 7) is 15.9. The molecule has 0 bridgehead atoms. The number of para-hydroxylation sites is 1. The molecule has 1 aliphatic carbocycles. The lowest BCUT2D eigenvalue weighted by Gasteiger charge is -2.44. The van der Waals surface area contributed by atoms with Gasteiger partial charge in [-0.1, -0.05) is 206 Å². The Hall–Kier alpha value is -16.7. The predicted octanol–water partition coefficient (Wildman–Crippen LogP) is 15.2. The number of phenols is 5. The van der Waals surface area contributed by atoms with Gasteiger partial charge in [0.2, 0.25) is 12.2 Å². The monoisotopic (exact) mass is 1810 g/mol. The van der Waals surface area contributed by atoms with E-state index in [1.54, 1.807) is 104 Å². The smallest absolute Gasteiger partial charge is 0.314 e. The summed E-state index contributed by atoms with van der Waals surface area (Å²) < 4.78 is 29.3. The fourth-order valence-electron chi connectivity index (χ4n) is 17.5. The molecule has 0 spiro atoms. The minimum Gasteiger partial charge on any atom is -0.508 e. The minimum atomic E-state index is -0.822. The van der Waals surface area contributed by atoms with Crippen LogP contribution in [0.1, 0.15) is 112 Å². The normalized spacial score (nSPS) is 17.7. The number of carbonyl (C=O) groups excluding carboxylic acids is 7. The van der Waals surface area contributed by atoms with Crippen molar-refractivity contribution < 1.29 is 78.0 Å². The molecule has 20 rings (SSSR count). The SMILES string of the molecule is C=C1CC(=O)C(CC2CN(c3ccccc3)CCN2c2cccc(O)c2)C1.C=C1NC(=O)C(c2c(-c3ccccc3)ncn2Cc2cccc(O)c2)O1.C=C1NC(=O)C(c2c(Cc3ccccc3)ncn2Cc2cccc(O)c2)O1.O=C1CC(=O)C(Cc2c(-c3ccccc3)ncn2Cc2cccc(O)c2)O1.O=C1CC(=O)C(Cc2c(Cc3ccccc3)ncn2Cc2cccc(O)c2)O1. The van der Waals surface area contributed by atoms with Crippen LogP contribution in [0.5, 0.6) is 28.7 Å². The zero-order valence-corrected chi connectivity index (χ0v) is 73.9. The lowest BCUT2D eigenvalue weighted by molar-refractivity contribution is -0.142. The van der Waals surface area contributed by atoms with E-state index in [0.29, 0.717) is 74.7 Å². The average Bonchev–Trinajstić information content (AvgIpc) is 1.75. The van der Waals surface area contributed by atoms with Gasteiger partial charge in [-0.05, 0) is 132 Å². The number of esters is 2. The molecule has 9 heterocycles. The van der Waals surface area contributed by atoms with Crippen molar-refractivity contribution in [3.8, 4) is 51.3 Å². The summed E-state index contributed by atoms with van der Waals surface area (Å²) in [6, 6.07) is 85.3. The van der Waals surface area contributed by atoms with Crippen molar-refractivity contribution in [3.63, 3.8) is 0 Å². The molecular weight excluding hydrogens is 1710 g/mol. The Morgan fingerprint density at radius 3 is 1.23 bits per heavy atom. The molecule has 2 amide bonds. The molecule has 6 atom stereocenters. The summed E-state index contributed by atoms with van der Waals surface area (Å²) in [4.78, 5) is 107. The second-order valence-corrected chi connectivity index (χ2v) is 33.6. The van der Waals surface area contributed by atoms with Gasteiger partial charge in [-0.25, -0.2) is 19.9 Å². The van der Waals surface area contributed by atoms with Gasteiger partial charge in [0.1, 0.15) is 47.4 Å². The maximum Gasteiger partial charge on any atom is 0.314 e. The Morgan fingerprint density at radius 1 is 0.370 bits per heavy atom. The van der Waals surface area contributed by atoms with Crippen molar-refractivity contribution in [1.29, 1.82) is 0 Å². The number of nitrogens with one attached hydrogen (secondary N) is 2. The van der Waals surface area contributed by atoms with Gasteiger partial charge in [0.05, 0.1) is 59.5 Å². The maximum absolute atomic E-state index is 12.4. The largest absolute Gasteiger partial charge is 0.508 e. The minimum absolute atomic E-state index is 0.0676. The summed E-state index contributed by atoms with van der Waals surface area (Å²) >= 11 is 0. The van der Waals surface area contributed by atoms with Gasteiger partial charge in [0.15, 0.2) is 35.5 Å². The van der Waals surface area contributed by atoms with Gasteiger partial charge < -0.3 is 72.5 Å². The number of benzene rings is 10. The number of aromatic hydroxyl groups is 5. The first-order valence-electron chi connectivity index (χ1n) is 44.3. The number of piperazine rings is 1. The quantitative estimate of drug-likeness (QED) is 0.0168. The molecular formula is C107H100N12O16. The third-order valence-electron chi connectivity index (χ3n) is 23.8. The van der Waals surface area contributed by atoms with E-state index in [4.69, 9.17) is 18.9 Å². The molecule has 10 aromatic carbocycles. The Morgan fingerprint density at radius 2 is 0.763 bits per heavy atom. The molecule has 4 aromatic heterocycles. The number of anilines is 2. The number of phenolic OH excluding ortho intramolecular Hbond substituents is 5. The summed E-state index contributed by atoms with van der Waals surface area (Å²) in [6.07, 6.45) is 7.29. The Bertz CT molecular complexity index is 6650. The average molecular weight is 1810 g/mol. The van der Waals surface area contributed by atoms with E-state index in [-0.39, 0.29) is 95.1 Å². The van der Waals surface area contributed by atoms with E-state index < -0.39 is 36.4 Å². The summed E-state index contributed by atoms with van der Waals surface area (Å²) in [5.74, 6) is 0.0295. The van der Waals surface area contributed by atoms with Gasteiger partial charge in [0.25, 0.3) is 11.8 Å².